The van der Waals surface area contributed by atoms with Gasteiger partial charge in [0.05, 0.1) is 0 Å². The molecular formula is C62H65BN2O. The van der Waals surface area contributed by atoms with Crippen molar-refractivity contribution in [3.8, 4) is 0 Å². The van der Waals surface area contributed by atoms with Gasteiger partial charge in [-0.1, -0.05) is 143 Å². The number of allylic oxidation sites excluding steroid dienone is 1. The minimum Gasteiger partial charge on any atom is -0.460 e. The first kappa shape index (κ1) is 41.7. The van der Waals surface area contributed by atoms with Crippen LogP contribution in [0.3, 0.4) is 0 Å². The minimum atomic E-state index is -0.0179. The summed E-state index contributed by atoms with van der Waals surface area (Å²) in [5.41, 5.74) is 24.2. The van der Waals surface area contributed by atoms with Crippen molar-refractivity contribution in [2.75, 3.05) is 9.80 Å². The molecule has 3 heterocycles. The summed E-state index contributed by atoms with van der Waals surface area (Å²) in [6.07, 6.45) is 9.08. The summed E-state index contributed by atoms with van der Waals surface area (Å²) in [5.74, 6) is 1.10. The molecule has 0 saturated heterocycles. The van der Waals surface area contributed by atoms with E-state index in [4.69, 9.17) is 4.42 Å². The van der Waals surface area contributed by atoms with Gasteiger partial charge in [-0.25, -0.2) is 0 Å². The van der Waals surface area contributed by atoms with Crippen LogP contribution in [-0.2, 0) is 33.5 Å². The highest BCUT2D eigenvalue weighted by Gasteiger charge is 2.47. The Balaban J connectivity index is 1.10. The van der Waals surface area contributed by atoms with Crippen molar-refractivity contribution in [2.24, 2.45) is 0 Å². The second-order valence-corrected chi connectivity index (χ2v) is 24.2. The summed E-state index contributed by atoms with van der Waals surface area (Å²) in [6.45, 7) is 26.8. The Morgan fingerprint density at radius 1 is 0.530 bits per heavy atom. The predicted molar refractivity (Wildman–Crippen MR) is 281 cm³/mol. The molecule has 12 rings (SSSR count). The standard InChI is InChI=1S/C62H65BN2O/c1-58(2,3)39-24-29-48-52(34-39)64(40-25-22-38(23-26-40)42-17-14-21-55-56(42)43-16-12-13-20-54(43)66-55)50-18-15-19-51-57(50)63(48)49-36-46-47(62(10,11)33-32-61(46,8)9)37-53(49)65(51)41-27-28-44-45(35-41)60(6,7)31-30-59(44,4)5/h12-13,15-20,22-29,34-37H,14,21,30-33H2,1-11H3. The van der Waals surface area contributed by atoms with Crippen LogP contribution in [0.4, 0.5) is 34.1 Å². The van der Waals surface area contributed by atoms with Crippen molar-refractivity contribution in [2.45, 2.75) is 142 Å². The molecule has 3 aliphatic carbocycles. The molecule has 0 N–H and O–H groups in total. The molecule has 4 heteroatoms. The Bertz CT molecular complexity index is 3200. The Labute approximate surface area is 394 Å². The van der Waals surface area contributed by atoms with Gasteiger partial charge in [-0.2, -0.15) is 0 Å². The summed E-state index contributed by atoms with van der Waals surface area (Å²) in [6, 6.07) is 45.3. The maximum absolute atomic E-state index is 6.43. The minimum absolute atomic E-state index is 0.0179. The average Bonchev–Trinajstić information content (AvgIpc) is 3.68. The molecule has 0 amide bonds. The SMILES string of the molecule is CC(C)(C)c1ccc2c(c1)N(c1ccc(C3=CCCc4oc5ccccc5c43)cc1)c1cccc3c1B2c1cc2c(cc1N3c1ccc3c(c1)C(C)(C)CCC3(C)C)C(C)(C)CCC2(C)C. The van der Waals surface area contributed by atoms with Gasteiger partial charge in [0, 0.05) is 51.5 Å². The number of fused-ring (bicyclic) bond motifs is 9. The highest BCUT2D eigenvalue weighted by Crippen LogP contribution is 2.53. The van der Waals surface area contributed by atoms with Crippen molar-refractivity contribution in [1.82, 2.24) is 0 Å². The molecule has 332 valence electrons. The lowest BCUT2D eigenvalue weighted by molar-refractivity contribution is 0.332. The summed E-state index contributed by atoms with van der Waals surface area (Å²) in [5, 5.41) is 1.20. The van der Waals surface area contributed by atoms with Gasteiger partial charge in [0.15, 0.2) is 0 Å². The van der Waals surface area contributed by atoms with E-state index in [1.54, 1.807) is 0 Å². The van der Waals surface area contributed by atoms with E-state index in [1.165, 1.54) is 126 Å². The topological polar surface area (TPSA) is 19.6 Å². The molecule has 3 nitrogen and oxygen atoms in total. The van der Waals surface area contributed by atoms with E-state index in [0.29, 0.717) is 0 Å². The monoisotopic (exact) mass is 865 g/mol. The Morgan fingerprint density at radius 3 is 1.80 bits per heavy atom. The fourth-order valence-corrected chi connectivity index (χ4v) is 12.8. The van der Waals surface area contributed by atoms with E-state index in [0.717, 1.165) is 24.2 Å². The third-order valence-electron chi connectivity index (χ3n) is 17.0. The number of hydrogen-bond donors (Lipinski definition) is 0. The highest BCUT2D eigenvalue weighted by atomic mass is 16.3. The van der Waals surface area contributed by atoms with E-state index < -0.39 is 0 Å². The van der Waals surface area contributed by atoms with E-state index in [1.807, 2.05) is 0 Å². The molecule has 0 atom stereocenters. The lowest BCUT2D eigenvalue weighted by atomic mass is 9.33. The third kappa shape index (κ3) is 6.08. The molecule has 0 fully saturated rings. The van der Waals surface area contributed by atoms with E-state index in [2.05, 4.69) is 207 Å². The van der Waals surface area contributed by atoms with Crippen LogP contribution in [0.2, 0.25) is 0 Å². The molecule has 0 bridgehead atoms. The second kappa shape index (κ2) is 13.9. The Morgan fingerprint density at radius 2 is 1.12 bits per heavy atom. The van der Waals surface area contributed by atoms with Crippen molar-refractivity contribution < 1.29 is 4.42 Å². The zero-order valence-electron chi connectivity index (χ0n) is 41.2. The zero-order chi connectivity index (χ0) is 45.9. The molecule has 7 aromatic rings. The maximum atomic E-state index is 6.43. The van der Waals surface area contributed by atoms with E-state index in [9.17, 15) is 0 Å². The average molecular weight is 865 g/mol. The molecule has 0 spiro atoms. The fourth-order valence-electron chi connectivity index (χ4n) is 12.8. The normalized spacial score (nSPS) is 19.3. The molecule has 5 aliphatic rings. The van der Waals surface area contributed by atoms with Gasteiger partial charge in [0.2, 0.25) is 0 Å². The largest absolute Gasteiger partial charge is 0.460 e. The lowest BCUT2D eigenvalue weighted by Gasteiger charge is -2.48. The van der Waals surface area contributed by atoms with Crippen LogP contribution < -0.4 is 26.2 Å². The number of benzene rings is 6. The van der Waals surface area contributed by atoms with Crippen molar-refractivity contribution >= 4 is 73.8 Å². The van der Waals surface area contributed by atoms with Crippen LogP contribution in [0.5, 0.6) is 0 Å². The highest BCUT2D eigenvalue weighted by molar-refractivity contribution is 7.00. The summed E-state index contributed by atoms with van der Waals surface area (Å²) >= 11 is 0. The van der Waals surface area contributed by atoms with Crippen molar-refractivity contribution in [3.63, 3.8) is 0 Å². The maximum Gasteiger partial charge on any atom is 0.252 e. The van der Waals surface area contributed by atoms with Crippen molar-refractivity contribution in [3.05, 3.63) is 166 Å². The fraction of sp³-hybridized carbons (Fsp3) is 0.355. The molecular weight excluding hydrogens is 800 g/mol. The molecule has 6 aromatic carbocycles. The number of aryl methyl sites for hydroxylation is 1. The van der Waals surface area contributed by atoms with Crippen molar-refractivity contribution in [1.29, 1.82) is 0 Å². The van der Waals surface area contributed by atoms with Crippen LogP contribution in [-0.4, -0.2) is 6.71 Å². The summed E-state index contributed by atoms with van der Waals surface area (Å²) in [4.78, 5) is 5.25. The second-order valence-electron chi connectivity index (χ2n) is 24.2. The first-order valence-electron chi connectivity index (χ1n) is 24.9. The molecule has 66 heavy (non-hydrogen) atoms. The molecule has 2 aliphatic heterocycles. The smallest absolute Gasteiger partial charge is 0.252 e. The van der Waals surface area contributed by atoms with Crippen LogP contribution in [0.25, 0.3) is 16.5 Å². The van der Waals surface area contributed by atoms with Crippen LogP contribution >= 0.6 is 0 Å². The van der Waals surface area contributed by atoms with Crippen LogP contribution in [0.15, 0.2) is 126 Å². The number of hydrogen-bond acceptors (Lipinski definition) is 3. The van der Waals surface area contributed by atoms with Gasteiger partial charge in [-0.15, -0.1) is 0 Å². The van der Waals surface area contributed by atoms with Gasteiger partial charge in [-0.05, 0) is 169 Å². The molecule has 1 aromatic heterocycles. The number of rotatable bonds is 3. The van der Waals surface area contributed by atoms with Crippen LogP contribution in [0, 0.1) is 0 Å². The first-order chi connectivity index (χ1) is 31.3. The van der Waals surface area contributed by atoms with Gasteiger partial charge in [0.25, 0.3) is 6.71 Å². The van der Waals surface area contributed by atoms with E-state index >= 15 is 0 Å². The molecule has 0 unspecified atom stereocenters. The molecule has 0 radical (unpaired) electrons. The van der Waals surface area contributed by atoms with Gasteiger partial charge in [0.1, 0.15) is 11.3 Å². The van der Waals surface area contributed by atoms with Gasteiger partial charge >= 0.3 is 0 Å². The van der Waals surface area contributed by atoms with E-state index in [-0.39, 0.29) is 33.8 Å². The lowest BCUT2D eigenvalue weighted by Crippen LogP contribution is -2.61. The number of para-hydroxylation sites is 1. The van der Waals surface area contributed by atoms with Gasteiger partial charge in [-0.3, -0.25) is 0 Å². The van der Waals surface area contributed by atoms with Gasteiger partial charge < -0.3 is 14.2 Å². The number of nitrogens with zero attached hydrogens (tertiary/aromatic N) is 2. The summed E-state index contributed by atoms with van der Waals surface area (Å²) < 4.78 is 6.43. The quantitative estimate of drug-likeness (QED) is 0.165. The number of anilines is 6. The van der Waals surface area contributed by atoms with Crippen LogP contribution in [0.1, 0.15) is 153 Å². The first-order valence-corrected chi connectivity index (χ1v) is 24.9. The third-order valence-corrected chi connectivity index (χ3v) is 17.0. The Kier molecular flexibility index (Phi) is 8.78. The Hall–Kier alpha value is -5.74. The predicted octanol–water partition coefficient (Wildman–Crippen LogP) is 14.9. The summed E-state index contributed by atoms with van der Waals surface area (Å²) in [7, 11) is 0. The molecule has 0 saturated carbocycles. The zero-order valence-corrected chi connectivity index (χ0v) is 41.2. The number of furan rings is 1.